The molecule has 0 fully saturated rings. The molecule has 0 aromatic heterocycles. The van der Waals surface area contributed by atoms with Crippen LogP contribution in [0.2, 0.25) is 0 Å². The number of hydrogen-bond donors (Lipinski definition) is 0. The molecule has 0 heterocycles. The second-order valence-electron chi connectivity index (χ2n) is 6.01. The SMILES string of the molecule is CCCSC(CC)C1=[C-]CC=C1.CCCSC(CC)C1=[C-]CC=C1.[Cl-].[Cl-].[Ti+2].[Ti+2]. The van der Waals surface area contributed by atoms with E-state index in [1.165, 1.54) is 48.3 Å². The molecule has 0 saturated heterocycles. The summed E-state index contributed by atoms with van der Waals surface area (Å²) in [6.45, 7) is 8.99. The first-order valence-corrected chi connectivity index (χ1v) is 11.6. The predicted octanol–water partition coefficient (Wildman–Crippen LogP) is 1.20. The summed E-state index contributed by atoms with van der Waals surface area (Å²) in [5, 5.41) is 1.40. The standard InChI is InChI=1S/2C11H17S.2ClH.2Ti/c2*1-3-9-12-11(4-2)10-7-5-6-8-10;;;;/h2*5,7,11H,3-4,6,9H2,1-2H3;2*1H;;/q2*-1;;;2*+2/p-2. The monoisotopic (exact) mass is 528 g/mol. The average Bonchev–Trinajstić information content (AvgIpc) is 3.31. The van der Waals surface area contributed by atoms with Crippen LogP contribution in [0.1, 0.15) is 66.2 Å². The summed E-state index contributed by atoms with van der Waals surface area (Å²) < 4.78 is 0. The van der Waals surface area contributed by atoms with Crippen molar-refractivity contribution >= 4 is 23.5 Å². The number of thioether (sulfide) groups is 2. The normalized spacial score (nSPS) is 15.4. The molecule has 0 N–H and O–H groups in total. The Balaban J connectivity index is -0.000000180. The van der Waals surface area contributed by atoms with E-state index in [1.807, 2.05) is 0 Å². The van der Waals surface area contributed by atoms with Crippen molar-refractivity contribution < 1.29 is 68.2 Å². The second kappa shape index (κ2) is 24.9. The van der Waals surface area contributed by atoms with Gasteiger partial charge in [0, 0.05) is 0 Å². The predicted molar refractivity (Wildman–Crippen MR) is 115 cm³/mol. The van der Waals surface area contributed by atoms with Gasteiger partial charge in [-0.05, 0) is 47.7 Å². The van der Waals surface area contributed by atoms with Gasteiger partial charge in [-0.3, -0.25) is 12.2 Å². The van der Waals surface area contributed by atoms with Gasteiger partial charge in [0.2, 0.25) is 0 Å². The van der Waals surface area contributed by atoms with Crippen LogP contribution < -0.4 is 24.8 Å². The molecule has 0 aliphatic heterocycles. The van der Waals surface area contributed by atoms with Crippen molar-refractivity contribution in [2.24, 2.45) is 0 Å². The molecule has 0 aromatic carbocycles. The maximum atomic E-state index is 3.40. The third-order valence-corrected chi connectivity index (χ3v) is 7.19. The Kier molecular flexibility index (Phi) is 33.0. The molecule has 6 heteroatoms. The second-order valence-corrected chi connectivity index (χ2v) is 8.63. The quantitative estimate of drug-likeness (QED) is 0.309. The largest absolute Gasteiger partial charge is 2.00 e. The molecular weight excluding hydrogens is 495 g/mol. The van der Waals surface area contributed by atoms with Crippen molar-refractivity contribution in [2.75, 3.05) is 11.5 Å². The Morgan fingerprint density at radius 2 is 1.11 bits per heavy atom. The van der Waals surface area contributed by atoms with E-state index in [2.05, 4.69) is 87.7 Å². The Morgan fingerprint density at radius 1 is 0.750 bits per heavy atom. The van der Waals surface area contributed by atoms with Crippen molar-refractivity contribution in [3.63, 3.8) is 0 Å². The van der Waals surface area contributed by atoms with Gasteiger partial charge in [-0.1, -0.05) is 27.7 Å². The third-order valence-electron chi connectivity index (χ3n) is 3.92. The smallest absolute Gasteiger partial charge is 1.00 e. The zero-order valence-corrected chi connectivity index (χ0v) is 24.0. The van der Waals surface area contributed by atoms with Crippen molar-refractivity contribution in [1.29, 1.82) is 0 Å². The number of allylic oxidation sites excluding steroid dienone is 6. The summed E-state index contributed by atoms with van der Waals surface area (Å²) in [5.74, 6) is 2.55. The van der Waals surface area contributed by atoms with Gasteiger partial charge in [0.15, 0.2) is 0 Å². The summed E-state index contributed by atoms with van der Waals surface area (Å²) in [6, 6.07) is 0. The molecule has 0 saturated carbocycles. The molecule has 0 bridgehead atoms. The van der Waals surface area contributed by atoms with Crippen LogP contribution in [0.5, 0.6) is 0 Å². The van der Waals surface area contributed by atoms with Crippen molar-refractivity contribution in [3.8, 4) is 0 Å². The van der Waals surface area contributed by atoms with E-state index in [0.717, 1.165) is 12.8 Å². The summed E-state index contributed by atoms with van der Waals surface area (Å²) in [7, 11) is 0. The summed E-state index contributed by atoms with van der Waals surface area (Å²) in [5.41, 5.74) is 2.85. The van der Waals surface area contributed by atoms with E-state index in [1.54, 1.807) is 0 Å². The first-order valence-electron chi connectivity index (χ1n) is 9.54. The van der Waals surface area contributed by atoms with E-state index >= 15 is 0 Å². The summed E-state index contributed by atoms with van der Waals surface area (Å²) in [4.78, 5) is 0. The Labute approximate surface area is 225 Å². The minimum absolute atomic E-state index is 0. The molecule has 156 valence electrons. The van der Waals surface area contributed by atoms with E-state index < -0.39 is 0 Å². The first kappa shape index (κ1) is 37.0. The third kappa shape index (κ3) is 15.5. The molecule has 2 unspecified atom stereocenters. The van der Waals surface area contributed by atoms with Crippen LogP contribution in [0.15, 0.2) is 35.5 Å². The van der Waals surface area contributed by atoms with Crippen LogP contribution >= 0.6 is 23.5 Å². The van der Waals surface area contributed by atoms with Gasteiger partial charge >= 0.3 is 43.4 Å². The molecular formula is C22H34Cl2S2Ti2. The van der Waals surface area contributed by atoms with Crippen LogP contribution in [0.25, 0.3) is 0 Å². The van der Waals surface area contributed by atoms with Crippen LogP contribution in [0, 0.1) is 12.2 Å². The van der Waals surface area contributed by atoms with Crippen molar-refractivity contribution in [1.82, 2.24) is 0 Å². The maximum Gasteiger partial charge on any atom is 2.00 e. The topological polar surface area (TPSA) is 0 Å². The zero-order chi connectivity index (χ0) is 17.6. The Hall–Kier alpha value is 1.67. The molecule has 2 aliphatic rings. The fourth-order valence-electron chi connectivity index (χ4n) is 2.66. The molecule has 2 aliphatic carbocycles. The molecule has 28 heavy (non-hydrogen) atoms. The molecule has 0 amide bonds. The van der Waals surface area contributed by atoms with Gasteiger partial charge in [0.1, 0.15) is 0 Å². The zero-order valence-electron chi connectivity index (χ0n) is 17.7. The van der Waals surface area contributed by atoms with E-state index in [-0.39, 0.29) is 68.2 Å². The van der Waals surface area contributed by atoms with Gasteiger partial charge in [-0.15, -0.1) is 12.8 Å². The Morgan fingerprint density at radius 3 is 1.32 bits per heavy atom. The number of rotatable bonds is 10. The fraction of sp³-hybridized carbons (Fsp3) is 0.636. The maximum absolute atomic E-state index is 3.40. The molecule has 0 nitrogen and oxygen atoms in total. The summed E-state index contributed by atoms with van der Waals surface area (Å²) >= 11 is 4.14. The van der Waals surface area contributed by atoms with Gasteiger partial charge in [0.25, 0.3) is 0 Å². The molecule has 0 radical (unpaired) electrons. The van der Waals surface area contributed by atoms with Gasteiger partial charge in [-0.2, -0.15) is 35.7 Å². The minimum atomic E-state index is 0. The van der Waals surface area contributed by atoms with Crippen molar-refractivity contribution in [2.45, 2.75) is 76.7 Å². The van der Waals surface area contributed by atoms with E-state index in [4.69, 9.17) is 0 Å². The van der Waals surface area contributed by atoms with E-state index in [0.29, 0.717) is 10.5 Å². The number of halogens is 2. The first-order chi connectivity index (χ1) is 11.8. The van der Waals surface area contributed by atoms with Crippen LogP contribution in [-0.4, -0.2) is 22.0 Å². The molecule has 2 atom stereocenters. The summed E-state index contributed by atoms with van der Waals surface area (Å²) in [6.07, 6.45) is 22.7. The Bertz CT molecular complexity index is 421. The average molecular weight is 529 g/mol. The van der Waals surface area contributed by atoms with Crippen LogP contribution in [0.4, 0.5) is 0 Å². The molecule has 0 spiro atoms. The van der Waals surface area contributed by atoms with Crippen molar-refractivity contribution in [3.05, 3.63) is 47.6 Å². The van der Waals surface area contributed by atoms with Gasteiger partial charge in [0.05, 0.1) is 0 Å². The van der Waals surface area contributed by atoms with Crippen LogP contribution in [0.3, 0.4) is 0 Å². The van der Waals surface area contributed by atoms with Gasteiger partial charge < -0.3 is 24.8 Å². The molecule has 0 aromatic rings. The minimum Gasteiger partial charge on any atom is -1.00 e. The molecule has 2 rings (SSSR count). The fourth-order valence-corrected chi connectivity index (χ4v) is 4.86. The van der Waals surface area contributed by atoms with Crippen LogP contribution in [-0.2, 0) is 43.4 Å². The number of hydrogen-bond acceptors (Lipinski definition) is 2. The van der Waals surface area contributed by atoms with Gasteiger partial charge in [-0.25, -0.2) is 23.3 Å². The van der Waals surface area contributed by atoms with E-state index in [9.17, 15) is 0 Å².